The van der Waals surface area contributed by atoms with E-state index in [9.17, 15) is 4.79 Å². The van der Waals surface area contributed by atoms with Crippen molar-refractivity contribution >= 4 is 5.91 Å². The zero-order valence-electron chi connectivity index (χ0n) is 14.0. The zero-order chi connectivity index (χ0) is 16.3. The van der Waals surface area contributed by atoms with E-state index in [2.05, 4.69) is 29.2 Å². The predicted octanol–water partition coefficient (Wildman–Crippen LogP) is 2.41. The van der Waals surface area contributed by atoms with Gasteiger partial charge >= 0.3 is 0 Å². The van der Waals surface area contributed by atoms with Gasteiger partial charge in [-0.15, -0.1) is 0 Å². The molecule has 0 fully saturated rings. The number of amides is 1. The van der Waals surface area contributed by atoms with Crippen molar-refractivity contribution in [1.82, 2.24) is 24.6 Å². The van der Waals surface area contributed by atoms with Gasteiger partial charge in [0.2, 0.25) is 5.91 Å². The Hall–Kier alpha value is -2.11. The molecule has 0 aromatic carbocycles. The summed E-state index contributed by atoms with van der Waals surface area (Å²) in [5, 5.41) is 7.38. The molecule has 2 rings (SSSR count). The molecule has 0 aliphatic carbocycles. The molecule has 0 saturated heterocycles. The lowest BCUT2D eigenvalue weighted by atomic mass is 10.2. The smallest absolute Gasteiger partial charge is 0.243 e. The SMILES string of the molecule is CCn1cc(CNC(=O)[C@@H](C)n2ccnc2C(C)C)c(C)n1. The molecule has 6 heteroatoms. The minimum Gasteiger partial charge on any atom is -0.350 e. The molecule has 1 atom stereocenters. The van der Waals surface area contributed by atoms with Crippen LogP contribution in [0.1, 0.15) is 56.7 Å². The van der Waals surface area contributed by atoms with Crippen LogP contribution in [0.2, 0.25) is 0 Å². The van der Waals surface area contributed by atoms with E-state index in [1.807, 2.05) is 42.4 Å². The molecule has 0 aliphatic heterocycles. The van der Waals surface area contributed by atoms with Gasteiger partial charge in [-0.2, -0.15) is 5.10 Å². The van der Waals surface area contributed by atoms with E-state index in [1.54, 1.807) is 6.20 Å². The van der Waals surface area contributed by atoms with Gasteiger partial charge in [0.05, 0.1) is 5.69 Å². The Morgan fingerprint density at radius 3 is 2.68 bits per heavy atom. The van der Waals surface area contributed by atoms with Crippen molar-refractivity contribution < 1.29 is 4.79 Å². The van der Waals surface area contributed by atoms with Crippen LogP contribution in [-0.2, 0) is 17.9 Å². The lowest BCUT2D eigenvalue weighted by Crippen LogP contribution is -2.31. The molecular weight excluding hydrogens is 278 g/mol. The van der Waals surface area contributed by atoms with Crippen molar-refractivity contribution in [1.29, 1.82) is 0 Å². The van der Waals surface area contributed by atoms with Gasteiger partial charge in [-0.3, -0.25) is 9.48 Å². The van der Waals surface area contributed by atoms with Crippen LogP contribution in [0.3, 0.4) is 0 Å². The maximum atomic E-state index is 12.4. The summed E-state index contributed by atoms with van der Waals surface area (Å²) >= 11 is 0. The van der Waals surface area contributed by atoms with Gasteiger partial charge in [0.15, 0.2) is 0 Å². The molecule has 0 unspecified atom stereocenters. The normalized spacial score (nSPS) is 12.6. The van der Waals surface area contributed by atoms with Gasteiger partial charge in [0, 0.05) is 43.2 Å². The number of nitrogens with zero attached hydrogens (tertiary/aromatic N) is 4. The molecule has 6 nitrogen and oxygen atoms in total. The van der Waals surface area contributed by atoms with E-state index in [1.165, 1.54) is 0 Å². The van der Waals surface area contributed by atoms with E-state index in [0.29, 0.717) is 6.54 Å². The minimum absolute atomic E-state index is 0.0106. The van der Waals surface area contributed by atoms with Gasteiger partial charge in [0.25, 0.3) is 0 Å². The molecule has 0 bridgehead atoms. The van der Waals surface area contributed by atoms with Gasteiger partial charge in [-0.25, -0.2) is 4.98 Å². The maximum absolute atomic E-state index is 12.4. The number of carbonyl (C=O) groups is 1. The first-order valence-electron chi connectivity index (χ1n) is 7.77. The Morgan fingerprint density at radius 2 is 2.09 bits per heavy atom. The average Bonchev–Trinajstić information content (AvgIpc) is 3.10. The quantitative estimate of drug-likeness (QED) is 0.891. The van der Waals surface area contributed by atoms with Crippen LogP contribution < -0.4 is 5.32 Å². The first-order chi connectivity index (χ1) is 10.4. The van der Waals surface area contributed by atoms with Gasteiger partial charge in [-0.1, -0.05) is 13.8 Å². The van der Waals surface area contributed by atoms with E-state index in [-0.39, 0.29) is 17.9 Å². The van der Waals surface area contributed by atoms with Crippen LogP contribution >= 0.6 is 0 Å². The monoisotopic (exact) mass is 303 g/mol. The fraction of sp³-hybridized carbons (Fsp3) is 0.562. The predicted molar refractivity (Wildman–Crippen MR) is 85.5 cm³/mol. The molecule has 1 amide bonds. The average molecular weight is 303 g/mol. The van der Waals surface area contributed by atoms with E-state index in [0.717, 1.165) is 23.6 Å². The van der Waals surface area contributed by atoms with Gasteiger partial charge in [0.1, 0.15) is 11.9 Å². The largest absolute Gasteiger partial charge is 0.350 e. The molecule has 0 spiro atoms. The summed E-state index contributed by atoms with van der Waals surface area (Å²) < 4.78 is 3.81. The number of aryl methyl sites for hydroxylation is 2. The summed E-state index contributed by atoms with van der Waals surface area (Å²) in [6.07, 6.45) is 5.59. The standard InChI is InChI=1S/C16H25N5O/c1-6-20-10-14(12(4)19-20)9-18-16(22)13(5)21-8-7-17-15(21)11(2)3/h7-8,10-11,13H,6,9H2,1-5H3,(H,18,22)/t13-/m1/s1. The number of aromatic nitrogens is 4. The number of imidazole rings is 1. The van der Waals surface area contributed by atoms with Crippen molar-refractivity contribution in [3.63, 3.8) is 0 Å². The van der Waals surface area contributed by atoms with Crippen molar-refractivity contribution in [2.75, 3.05) is 0 Å². The van der Waals surface area contributed by atoms with Gasteiger partial charge < -0.3 is 9.88 Å². The van der Waals surface area contributed by atoms with Crippen LogP contribution in [0.4, 0.5) is 0 Å². The number of nitrogens with one attached hydrogen (secondary N) is 1. The van der Waals surface area contributed by atoms with Crippen LogP contribution in [0.5, 0.6) is 0 Å². The van der Waals surface area contributed by atoms with Gasteiger partial charge in [-0.05, 0) is 20.8 Å². The molecule has 1 N–H and O–H groups in total. The van der Waals surface area contributed by atoms with E-state index >= 15 is 0 Å². The summed E-state index contributed by atoms with van der Waals surface area (Å²) in [6, 6.07) is -0.276. The number of hydrogen-bond donors (Lipinski definition) is 1. The topological polar surface area (TPSA) is 64.7 Å². The third kappa shape index (κ3) is 3.37. The molecule has 2 heterocycles. The lowest BCUT2D eigenvalue weighted by molar-refractivity contribution is -0.124. The summed E-state index contributed by atoms with van der Waals surface area (Å²) in [5.41, 5.74) is 2.01. The van der Waals surface area contributed by atoms with Crippen LogP contribution in [0.15, 0.2) is 18.6 Å². The van der Waals surface area contributed by atoms with E-state index in [4.69, 9.17) is 0 Å². The van der Waals surface area contributed by atoms with Crippen LogP contribution in [0, 0.1) is 6.92 Å². The third-order valence-corrected chi connectivity index (χ3v) is 3.84. The Labute approximate surface area is 131 Å². The second-order valence-electron chi connectivity index (χ2n) is 5.84. The Balaban J connectivity index is 2.02. The first-order valence-corrected chi connectivity index (χ1v) is 7.77. The third-order valence-electron chi connectivity index (χ3n) is 3.84. The van der Waals surface area contributed by atoms with Crippen molar-refractivity contribution in [2.24, 2.45) is 0 Å². The summed E-state index contributed by atoms with van der Waals surface area (Å²) in [7, 11) is 0. The Morgan fingerprint density at radius 1 is 1.36 bits per heavy atom. The molecular formula is C16H25N5O. The molecule has 0 aliphatic rings. The molecule has 2 aromatic rings. The van der Waals surface area contributed by atoms with Crippen molar-refractivity contribution in [3.8, 4) is 0 Å². The lowest BCUT2D eigenvalue weighted by Gasteiger charge is -2.17. The van der Waals surface area contributed by atoms with E-state index < -0.39 is 0 Å². The molecule has 22 heavy (non-hydrogen) atoms. The summed E-state index contributed by atoms with van der Waals surface area (Å²) in [4.78, 5) is 16.7. The highest BCUT2D eigenvalue weighted by Gasteiger charge is 2.19. The fourth-order valence-corrected chi connectivity index (χ4v) is 2.45. The van der Waals surface area contributed by atoms with Crippen LogP contribution in [-0.4, -0.2) is 25.2 Å². The second kappa shape index (κ2) is 6.77. The number of rotatable bonds is 6. The summed E-state index contributed by atoms with van der Waals surface area (Å²) in [5.74, 6) is 1.21. The first kappa shape index (κ1) is 16.3. The number of hydrogen-bond acceptors (Lipinski definition) is 3. The highest BCUT2D eigenvalue weighted by Crippen LogP contribution is 2.17. The zero-order valence-corrected chi connectivity index (χ0v) is 14.0. The summed E-state index contributed by atoms with van der Waals surface area (Å²) in [6.45, 7) is 11.4. The van der Waals surface area contributed by atoms with Crippen molar-refractivity contribution in [2.45, 2.75) is 59.7 Å². The highest BCUT2D eigenvalue weighted by molar-refractivity contribution is 5.80. The van der Waals surface area contributed by atoms with Crippen molar-refractivity contribution in [3.05, 3.63) is 35.7 Å². The molecule has 0 radical (unpaired) electrons. The van der Waals surface area contributed by atoms with Crippen LogP contribution in [0.25, 0.3) is 0 Å². The minimum atomic E-state index is -0.276. The molecule has 120 valence electrons. The maximum Gasteiger partial charge on any atom is 0.243 e. The Kier molecular flexibility index (Phi) is 5.00. The second-order valence-corrected chi connectivity index (χ2v) is 5.84. The molecule has 0 saturated carbocycles. The highest BCUT2D eigenvalue weighted by atomic mass is 16.2. The Bertz CT molecular complexity index is 641. The number of carbonyl (C=O) groups excluding carboxylic acids is 1. The fourth-order valence-electron chi connectivity index (χ4n) is 2.45. The molecule has 2 aromatic heterocycles.